The molecule has 22 heavy (non-hydrogen) atoms. The normalized spacial score (nSPS) is 11.7. The Balaban J connectivity index is 2.60. The number of amides is 2. The Morgan fingerprint density at radius 2 is 2.05 bits per heavy atom. The average Bonchev–Trinajstić information content (AvgIpc) is 2.51. The molecule has 1 aromatic rings. The van der Waals surface area contributed by atoms with Gasteiger partial charge in [0.25, 0.3) is 0 Å². The van der Waals surface area contributed by atoms with Crippen molar-refractivity contribution in [3.63, 3.8) is 0 Å². The molecule has 2 amide bonds. The molecule has 0 radical (unpaired) electrons. The van der Waals surface area contributed by atoms with E-state index in [0.29, 0.717) is 31.2 Å². The minimum atomic E-state index is -0.156. The highest BCUT2D eigenvalue weighted by Crippen LogP contribution is 2.30. The van der Waals surface area contributed by atoms with Gasteiger partial charge in [0.15, 0.2) is 11.5 Å². The van der Waals surface area contributed by atoms with E-state index < -0.39 is 0 Å². The van der Waals surface area contributed by atoms with E-state index in [9.17, 15) is 4.79 Å². The number of hydrogen-bond donors (Lipinski definition) is 1. The van der Waals surface area contributed by atoms with Gasteiger partial charge in [-0.15, -0.1) is 0 Å². The zero-order valence-corrected chi connectivity index (χ0v) is 14.0. The maximum absolute atomic E-state index is 12.1. The van der Waals surface area contributed by atoms with E-state index in [0.717, 1.165) is 5.56 Å². The number of para-hydroxylation sites is 1. The van der Waals surface area contributed by atoms with Crippen LogP contribution in [0, 0.1) is 0 Å². The highest BCUT2D eigenvalue weighted by atomic mass is 16.5. The topological polar surface area (TPSA) is 60.0 Å². The molecule has 0 heterocycles. The average molecular weight is 310 g/mol. The molecule has 1 rings (SSSR count). The zero-order chi connectivity index (χ0) is 16.5. The third kappa shape index (κ3) is 5.11. The Morgan fingerprint density at radius 1 is 1.32 bits per heavy atom. The van der Waals surface area contributed by atoms with Gasteiger partial charge in [-0.2, -0.15) is 0 Å². The van der Waals surface area contributed by atoms with Gasteiger partial charge in [-0.3, -0.25) is 0 Å². The quantitative estimate of drug-likeness (QED) is 0.800. The number of carbonyl (C=O) groups is 1. The lowest BCUT2D eigenvalue weighted by atomic mass is 10.2. The highest BCUT2D eigenvalue weighted by molar-refractivity contribution is 5.74. The Morgan fingerprint density at radius 3 is 2.64 bits per heavy atom. The first-order chi connectivity index (χ1) is 10.5. The van der Waals surface area contributed by atoms with Crippen molar-refractivity contribution in [1.29, 1.82) is 0 Å². The maximum Gasteiger partial charge on any atom is 0.317 e. The fourth-order valence-corrected chi connectivity index (χ4v) is 2.20. The minimum absolute atomic E-state index is 0.00658. The van der Waals surface area contributed by atoms with Crippen LogP contribution in [0.4, 0.5) is 4.79 Å². The van der Waals surface area contributed by atoms with E-state index >= 15 is 0 Å². The number of carbonyl (C=O) groups excluding carboxylic acids is 1. The van der Waals surface area contributed by atoms with Gasteiger partial charge in [0.1, 0.15) is 0 Å². The summed E-state index contributed by atoms with van der Waals surface area (Å²) in [6.45, 7) is 5.42. The van der Waals surface area contributed by atoms with Crippen LogP contribution in [0.5, 0.6) is 11.5 Å². The zero-order valence-electron chi connectivity index (χ0n) is 14.0. The third-order valence-electron chi connectivity index (χ3n) is 3.24. The van der Waals surface area contributed by atoms with Gasteiger partial charge in [0.2, 0.25) is 0 Å². The van der Waals surface area contributed by atoms with Crippen LogP contribution < -0.4 is 14.8 Å². The fourth-order valence-electron chi connectivity index (χ4n) is 2.20. The number of ether oxygens (including phenoxy) is 3. The van der Waals surface area contributed by atoms with Crippen LogP contribution in [-0.4, -0.2) is 51.5 Å². The molecule has 0 spiro atoms. The predicted octanol–water partition coefficient (Wildman–Crippen LogP) is 2.27. The van der Waals surface area contributed by atoms with Gasteiger partial charge >= 0.3 is 6.03 Å². The molecule has 1 aromatic carbocycles. The lowest BCUT2D eigenvalue weighted by Gasteiger charge is -2.22. The molecule has 0 aliphatic rings. The molecule has 1 N–H and O–H groups in total. The van der Waals surface area contributed by atoms with Crippen molar-refractivity contribution in [1.82, 2.24) is 10.2 Å². The van der Waals surface area contributed by atoms with Crippen molar-refractivity contribution in [2.24, 2.45) is 0 Å². The summed E-state index contributed by atoms with van der Waals surface area (Å²) in [6, 6.07) is 5.42. The molecule has 1 atom stereocenters. The molecule has 6 nitrogen and oxygen atoms in total. The number of urea groups is 1. The van der Waals surface area contributed by atoms with Crippen molar-refractivity contribution >= 4 is 6.03 Å². The molecule has 0 unspecified atom stereocenters. The van der Waals surface area contributed by atoms with Gasteiger partial charge < -0.3 is 24.4 Å². The summed E-state index contributed by atoms with van der Waals surface area (Å²) < 4.78 is 16.0. The van der Waals surface area contributed by atoms with Crippen LogP contribution >= 0.6 is 0 Å². The van der Waals surface area contributed by atoms with E-state index in [1.807, 2.05) is 32.0 Å². The Labute approximate surface area is 132 Å². The van der Waals surface area contributed by atoms with Gasteiger partial charge in [-0.25, -0.2) is 4.79 Å². The number of nitrogens with zero attached hydrogens (tertiary/aromatic N) is 1. The number of methoxy groups -OCH3 is 2. The molecular formula is C16H26N2O4. The number of nitrogens with one attached hydrogen (secondary N) is 1. The van der Waals surface area contributed by atoms with E-state index in [1.165, 1.54) is 0 Å². The Hall–Kier alpha value is -1.95. The monoisotopic (exact) mass is 310 g/mol. The summed E-state index contributed by atoms with van der Waals surface area (Å²) in [4.78, 5) is 13.7. The number of likely N-dealkylation sites (N-methyl/N-ethyl adjacent to an activating group) is 1. The van der Waals surface area contributed by atoms with Crippen molar-refractivity contribution in [3.8, 4) is 11.5 Å². The second kappa shape index (κ2) is 9.15. The van der Waals surface area contributed by atoms with Gasteiger partial charge in [-0.1, -0.05) is 12.1 Å². The maximum atomic E-state index is 12.1. The van der Waals surface area contributed by atoms with Crippen LogP contribution in [0.25, 0.3) is 0 Å². The molecule has 0 bridgehead atoms. The van der Waals surface area contributed by atoms with E-state index in [2.05, 4.69) is 5.32 Å². The van der Waals surface area contributed by atoms with Gasteiger partial charge in [0.05, 0.1) is 20.3 Å². The van der Waals surface area contributed by atoms with E-state index in [-0.39, 0.29) is 12.1 Å². The number of rotatable bonds is 8. The molecular weight excluding hydrogens is 284 g/mol. The summed E-state index contributed by atoms with van der Waals surface area (Å²) in [6.07, 6.45) is 0.00658. The minimum Gasteiger partial charge on any atom is -0.493 e. The SMILES string of the molecule is CCO[C@H](C)CN(C)C(=O)NCc1cccc(OC)c1OC. The number of hydrogen-bond acceptors (Lipinski definition) is 4. The summed E-state index contributed by atoms with van der Waals surface area (Å²) in [5, 5.41) is 2.87. The first kappa shape index (κ1) is 18.1. The molecule has 0 aliphatic carbocycles. The van der Waals surface area contributed by atoms with Crippen molar-refractivity contribution in [3.05, 3.63) is 23.8 Å². The van der Waals surface area contributed by atoms with Crippen molar-refractivity contribution in [2.45, 2.75) is 26.5 Å². The molecule has 0 saturated heterocycles. The smallest absolute Gasteiger partial charge is 0.317 e. The van der Waals surface area contributed by atoms with Crippen LogP contribution in [0.1, 0.15) is 19.4 Å². The van der Waals surface area contributed by atoms with Crippen LogP contribution in [-0.2, 0) is 11.3 Å². The first-order valence-corrected chi connectivity index (χ1v) is 7.33. The highest BCUT2D eigenvalue weighted by Gasteiger charge is 2.14. The van der Waals surface area contributed by atoms with E-state index in [1.54, 1.807) is 26.2 Å². The number of benzene rings is 1. The molecule has 124 valence electrons. The predicted molar refractivity (Wildman–Crippen MR) is 85.5 cm³/mol. The van der Waals surface area contributed by atoms with E-state index in [4.69, 9.17) is 14.2 Å². The standard InChI is InChI=1S/C16H26N2O4/c1-6-22-12(2)11-18(3)16(19)17-10-13-8-7-9-14(20-4)15(13)21-5/h7-9,12H,6,10-11H2,1-5H3,(H,17,19)/t12-/m1/s1. The van der Waals surface area contributed by atoms with Gasteiger partial charge in [-0.05, 0) is 19.9 Å². The van der Waals surface area contributed by atoms with Gasteiger partial charge in [0, 0.05) is 32.3 Å². The summed E-state index contributed by atoms with van der Waals surface area (Å²) in [5.74, 6) is 1.28. The first-order valence-electron chi connectivity index (χ1n) is 7.33. The summed E-state index contributed by atoms with van der Waals surface area (Å²) in [7, 11) is 4.91. The van der Waals surface area contributed by atoms with Crippen LogP contribution in [0.2, 0.25) is 0 Å². The fraction of sp³-hybridized carbons (Fsp3) is 0.562. The van der Waals surface area contributed by atoms with Crippen LogP contribution in [0.15, 0.2) is 18.2 Å². The third-order valence-corrected chi connectivity index (χ3v) is 3.24. The second-order valence-electron chi connectivity index (χ2n) is 4.96. The lowest BCUT2D eigenvalue weighted by Crippen LogP contribution is -2.41. The summed E-state index contributed by atoms with van der Waals surface area (Å²) in [5.41, 5.74) is 0.862. The van der Waals surface area contributed by atoms with Crippen molar-refractivity contribution in [2.75, 3.05) is 34.4 Å². The molecule has 0 saturated carbocycles. The lowest BCUT2D eigenvalue weighted by molar-refractivity contribution is 0.0580. The Kier molecular flexibility index (Phi) is 7.52. The second-order valence-corrected chi connectivity index (χ2v) is 4.96. The molecule has 0 fully saturated rings. The Bertz CT molecular complexity index is 479. The van der Waals surface area contributed by atoms with Crippen LogP contribution in [0.3, 0.4) is 0 Å². The van der Waals surface area contributed by atoms with Crippen molar-refractivity contribution < 1.29 is 19.0 Å². The molecule has 6 heteroatoms. The molecule has 0 aromatic heterocycles. The molecule has 0 aliphatic heterocycles. The summed E-state index contributed by atoms with van der Waals surface area (Å²) >= 11 is 0. The largest absolute Gasteiger partial charge is 0.493 e.